The van der Waals surface area contributed by atoms with Gasteiger partial charge in [0, 0.05) is 6.54 Å². The first kappa shape index (κ1) is 12.4. The van der Waals surface area contributed by atoms with E-state index in [1.165, 1.54) is 0 Å². The van der Waals surface area contributed by atoms with Gasteiger partial charge in [-0.3, -0.25) is 4.79 Å². The molecule has 0 saturated heterocycles. The van der Waals surface area contributed by atoms with Crippen molar-refractivity contribution in [2.24, 2.45) is 0 Å². The summed E-state index contributed by atoms with van der Waals surface area (Å²) >= 11 is 0. The van der Waals surface area contributed by atoms with Crippen LogP contribution < -0.4 is 5.32 Å². The molecule has 0 spiro atoms. The van der Waals surface area contributed by atoms with Gasteiger partial charge in [0.1, 0.15) is 6.04 Å². The molecule has 2 unspecified atom stereocenters. The molecule has 0 radical (unpaired) electrons. The molecule has 2 atom stereocenters. The van der Waals surface area contributed by atoms with E-state index in [0.717, 1.165) is 6.42 Å². The first-order valence-corrected chi connectivity index (χ1v) is 4.66. The Bertz CT molecular complexity index is 150. The van der Waals surface area contributed by atoms with Crippen LogP contribution in [-0.4, -0.2) is 36.4 Å². The van der Waals surface area contributed by atoms with E-state index in [-0.39, 0.29) is 24.7 Å². The summed E-state index contributed by atoms with van der Waals surface area (Å²) in [6.07, 6.45) is 0.782. The number of rotatable bonds is 6. The van der Waals surface area contributed by atoms with Crippen molar-refractivity contribution in [1.29, 1.82) is 0 Å². The molecule has 0 aliphatic carbocycles. The van der Waals surface area contributed by atoms with E-state index >= 15 is 0 Å². The van der Waals surface area contributed by atoms with Crippen molar-refractivity contribution in [3.8, 4) is 0 Å². The van der Waals surface area contributed by atoms with Gasteiger partial charge in [0.15, 0.2) is 0 Å². The van der Waals surface area contributed by atoms with Crippen LogP contribution in [0, 0.1) is 0 Å². The molecule has 0 rings (SSSR count). The van der Waals surface area contributed by atoms with Gasteiger partial charge in [0.05, 0.1) is 12.7 Å². The number of nitrogens with one attached hydrogen (secondary N) is 1. The maximum absolute atomic E-state index is 11.3. The van der Waals surface area contributed by atoms with Crippen LogP contribution in [0.15, 0.2) is 0 Å². The number of aliphatic hydroxyl groups is 1. The van der Waals surface area contributed by atoms with E-state index in [1.807, 2.05) is 13.8 Å². The number of carbonyl (C=O) groups excluding carboxylic acids is 1. The monoisotopic (exact) mass is 189 g/mol. The van der Waals surface area contributed by atoms with E-state index in [2.05, 4.69) is 5.32 Å². The fourth-order valence-corrected chi connectivity index (χ4v) is 0.748. The molecule has 0 aliphatic rings. The predicted octanol–water partition coefficient (Wildman–Crippen LogP) is 0.299. The van der Waals surface area contributed by atoms with Crippen LogP contribution in [0.5, 0.6) is 0 Å². The van der Waals surface area contributed by atoms with Gasteiger partial charge in [-0.2, -0.15) is 0 Å². The van der Waals surface area contributed by atoms with Crippen molar-refractivity contribution >= 4 is 5.97 Å². The normalized spacial score (nSPS) is 15.1. The number of aliphatic hydroxyl groups excluding tert-OH is 1. The predicted molar refractivity (Wildman–Crippen MR) is 50.4 cm³/mol. The molecule has 0 fully saturated rings. The van der Waals surface area contributed by atoms with Crippen molar-refractivity contribution in [2.75, 3.05) is 13.2 Å². The number of hydrogen-bond donors (Lipinski definition) is 2. The molecule has 2 N–H and O–H groups in total. The summed E-state index contributed by atoms with van der Waals surface area (Å²) in [6.45, 7) is 5.98. The molecule has 0 aliphatic heterocycles. The van der Waals surface area contributed by atoms with Gasteiger partial charge < -0.3 is 15.2 Å². The molecule has 0 heterocycles. The molecule has 4 heteroatoms. The minimum absolute atomic E-state index is 0.0287. The van der Waals surface area contributed by atoms with Gasteiger partial charge in [-0.25, -0.2) is 0 Å². The second-order valence-corrected chi connectivity index (χ2v) is 3.06. The first-order chi connectivity index (χ1) is 6.11. The maximum Gasteiger partial charge on any atom is 0.323 e. The van der Waals surface area contributed by atoms with Crippen LogP contribution in [0.2, 0.25) is 0 Å². The minimum Gasteiger partial charge on any atom is -0.462 e. The fourth-order valence-electron chi connectivity index (χ4n) is 0.748. The summed E-state index contributed by atoms with van der Waals surface area (Å²) in [5, 5.41) is 11.3. The lowest BCUT2D eigenvalue weighted by atomic mass is 10.3. The Kier molecular flexibility index (Phi) is 6.54. The number of ether oxygens (including phenoxy) is 1. The summed E-state index contributed by atoms with van der Waals surface area (Å²) in [5.41, 5.74) is 0. The fraction of sp³-hybridized carbons (Fsp3) is 0.889. The van der Waals surface area contributed by atoms with Crippen LogP contribution in [0.1, 0.15) is 27.2 Å². The molecule has 0 aromatic carbocycles. The molecular formula is C9H19NO3. The van der Waals surface area contributed by atoms with Crippen molar-refractivity contribution in [3.63, 3.8) is 0 Å². The quantitative estimate of drug-likeness (QED) is 0.590. The summed E-state index contributed by atoms with van der Waals surface area (Å²) in [4.78, 5) is 11.3. The molecule has 0 amide bonds. The third-order valence-corrected chi connectivity index (χ3v) is 1.81. The molecule has 78 valence electrons. The zero-order valence-corrected chi connectivity index (χ0v) is 8.54. The van der Waals surface area contributed by atoms with Gasteiger partial charge in [-0.05, 0) is 20.3 Å². The Morgan fingerprint density at radius 3 is 2.62 bits per heavy atom. The summed E-state index contributed by atoms with van der Waals surface area (Å²) < 4.78 is 5.08. The molecule has 13 heavy (non-hydrogen) atoms. The highest BCUT2D eigenvalue weighted by molar-refractivity contribution is 5.75. The van der Waals surface area contributed by atoms with E-state index in [1.54, 1.807) is 6.92 Å². The lowest BCUT2D eigenvalue weighted by molar-refractivity contribution is -0.150. The zero-order valence-electron chi connectivity index (χ0n) is 8.54. The Morgan fingerprint density at radius 2 is 2.15 bits per heavy atom. The van der Waals surface area contributed by atoms with Gasteiger partial charge in [0.2, 0.25) is 0 Å². The Hall–Kier alpha value is -0.610. The van der Waals surface area contributed by atoms with Gasteiger partial charge in [0.25, 0.3) is 0 Å². The lowest BCUT2D eigenvalue weighted by Crippen LogP contribution is -2.38. The second-order valence-electron chi connectivity index (χ2n) is 3.06. The van der Waals surface area contributed by atoms with Crippen LogP contribution >= 0.6 is 0 Å². The van der Waals surface area contributed by atoms with Crippen LogP contribution in [0.25, 0.3) is 0 Å². The average Bonchev–Trinajstić information content (AvgIpc) is 2.13. The smallest absolute Gasteiger partial charge is 0.323 e. The Balaban J connectivity index is 3.68. The minimum atomic E-state index is -0.346. The molecule has 0 saturated carbocycles. The summed E-state index contributed by atoms with van der Waals surface area (Å²) in [7, 11) is 0. The van der Waals surface area contributed by atoms with Crippen LogP contribution in [-0.2, 0) is 9.53 Å². The topological polar surface area (TPSA) is 58.6 Å². The van der Waals surface area contributed by atoms with Crippen LogP contribution in [0.4, 0.5) is 0 Å². The molecule has 0 aromatic rings. The van der Waals surface area contributed by atoms with Crippen molar-refractivity contribution < 1.29 is 14.6 Å². The van der Waals surface area contributed by atoms with Gasteiger partial charge in [-0.15, -0.1) is 0 Å². The van der Waals surface area contributed by atoms with Crippen molar-refractivity contribution in [3.05, 3.63) is 0 Å². The van der Waals surface area contributed by atoms with Gasteiger partial charge in [-0.1, -0.05) is 6.92 Å². The van der Waals surface area contributed by atoms with E-state index in [4.69, 9.17) is 9.84 Å². The SMILES string of the molecule is CCC(C)OC(=O)C(C)NCCO. The highest BCUT2D eigenvalue weighted by Gasteiger charge is 2.15. The molecule has 0 bridgehead atoms. The van der Waals surface area contributed by atoms with E-state index in [9.17, 15) is 4.79 Å². The average molecular weight is 189 g/mol. The summed E-state index contributed by atoms with van der Waals surface area (Å²) in [5.74, 6) is -0.261. The Labute approximate surface area is 79.3 Å². The Morgan fingerprint density at radius 1 is 1.54 bits per heavy atom. The number of hydrogen-bond acceptors (Lipinski definition) is 4. The van der Waals surface area contributed by atoms with Crippen LogP contribution in [0.3, 0.4) is 0 Å². The zero-order chi connectivity index (χ0) is 10.3. The first-order valence-electron chi connectivity index (χ1n) is 4.66. The maximum atomic E-state index is 11.3. The van der Waals surface area contributed by atoms with Crippen molar-refractivity contribution in [2.45, 2.75) is 39.3 Å². The number of esters is 1. The standard InChI is InChI=1S/C9H19NO3/c1-4-7(2)13-9(12)8(3)10-5-6-11/h7-8,10-11H,4-6H2,1-3H3. The van der Waals surface area contributed by atoms with Gasteiger partial charge >= 0.3 is 5.97 Å². The van der Waals surface area contributed by atoms with E-state index in [0.29, 0.717) is 6.54 Å². The molecular weight excluding hydrogens is 170 g/mol. The molecule has 4 nitrogen and oxygen atoms in total. The highest BCUT2D eigenvalue weighted by atomic mass is 16.5. The summed E-state index contributed by atoms with van der Waals surface area (Å²) in [6, 6.07) is -0.346. The third kappa shape index (κ3) is 5.60. The highest BCUT2D eigenvalue weighted by Crippen LogP contribution is 1.98. The molecule has 0 aromatic heterocycles. The number of carbonyl (C=O) groups is 1. The lowest BCUT2D eigenvalue weighted by Gasteiger charge is -2.15. The largest absolute Gasteiger partial charge is 0.462 e. The second kappa shape index (κ2) is 6.86. The van der Waals surface area contributed by atoms with Crippen molar-refractivity contribution in [1.82, 2.24) is 5.32 Å². The third-order valence-electron chi connectivity index (χ3n) is 1.81. The van der Waals surface area contributed by atoms with E-state index < -0.39 is 0 Å².